The van der Waals surface area contributed by atoms with Crippen LogP contribution in [0.2, 0.25) is 10.0 Å². The summed E-state index contributed by atoms with van der Waals surface area (Å²) >= 11 is 13.3. The van der Waals surface area contributed by atoms with Crippen molar-refractivity contribution in [3.63, 3.8) is 0 Å². The minimum atomic E-state index is -0.202. The van der Waals surface area contributed by atoms with Crippen molar-refractivity contribution in [2.75, 3.05) is 17.7 Å². The molecule has 0 spiro atoms. The highest BCUT2D eigenvalue weighted by molar-refractivity contribution is 7.99. The van der Waals surface area contributed by atoms with E-state index in [2.05, 4.69) is 15.5 Å². The molecular formula is C20H17Cl2N3O2S. The highest BCUT2D eigenvalue weighted by Gasteiger charge is 2.09. The Labute approximate surface area is 177 Å². The average Bonchev–Trinajstić information content (AvgIpc) is 2.70. The van der Waals surface area contributed by atoms with Crippen LogP contribution in [0.5, 0.6) is 5.75 Å². The molecule has 28 heavy (non-hydrogen) atoms. The molecule has 1 heterocycles. The van der Waals surface area contributed by atoms with Crippen LogP contribution >= 0.6 is 35.0 Å². The molecule has 2 aromatic carbocycles. The van der Waals surface area contributed by atoms with E-state index >= 15 is 0 Å². The number of amides is 1. The van der Waals surface area contributed by atoms with Crippen LogP contribution in [0.15, 0.2) is 59.6 Å². The summed E-state index contributed by atoms with van der Waals surface area (Å²) in [6.45, 7) is 2.57. The van der Waals surface area contributed by atoms with Crippen molar-refractivity contribution in [2.45, 2.75) is 11.9 Å². The molecule has 5 nitrogen and oxygen atoms in total. The van der Waals surface area contributed by atoms with Gasteiger partial charge < -0.3 is 10.1 Å². The number of hydrogen-bond donors (Lipinski definition) is 1. The van der Waals surface area contributed by atoms with Gasteiger partial charge in [-0.3, -0.25) is 4.79 Å². The van der Waals surface area contributed by atoms with Gasteiger partial charge in [0.1, 0.15) is 10.8 Å². The van der Waals surface area contributed by atoms with Gasteiger partial charge in [0.25, 0.3) is 0 Å². The first-order valence-electron chi connectivity index (χ1n) is 8.50. The summed E-state index contributed by atoms with van der Waals surface area (Å²) < 4.78 is 5.43. The third kappa shape index (κ3) is 5.61. The monoisotopic (exact) mass is 433 g/mol. The van der Waals surface area contributed by atoms with E-state index in [9.17, 15) is 4.79 Å². The summed E-state index contributed by atoms with van der Waals surface area (Å²) in [7, 11) is 0. The highest BCUT2D eigenvalue weighted by Crippen LogP contribution is 2.26. The Kier molecular flexibility index (Phi) is 7.14. The first-order chi connectivity index (χ1) is 13.5. The predicted octanol–water partition coefficient (Wildman–Crippen LogP) is 5.58. The Balaban J connectivity index is 1.56. The summed E-state index contributed by atoms with van der Waals surface area (Å²) in [5.41, 5.74) is 2.18. The lowest BCUT2D eigenvalue weighted by atomic mass is 10.1. The number of anilines is 1. The van der Waals surface area contributed by atoms with E-state index in [1.807, 2.05) is 43.3 Å². The summed E-state index contributed by atoms with van der Waals surface area (Å²) in [5, 5.41) is 12.7. The summed E-state index contributed by atoms with van der Waals surface area (Å²) in [6.07, 6.45) is 0. The summed E-state index contributed by atoms with van der Waals surface area (Å²) in [4.78, 5) is 12.1. The van der Waals surface area contributed by atoms with Crippen molar-refractivity contribution in [1.82, 2.24) is 10.2 Å². The standard InChI is InChI=1S/C20H17Cl2N3O2S/c1-2-27-15-6-3-13(4-7-15)17-9-10-20(25-24-17)28-12-19(26)23-18-11-14(21)5-8-16(18)22/h3-11H,2,12H2,1H3,(H,23,26). The maximum absolute atomic E-state index is 12.1. The molecule has 3 rings (SSSR count). The Bertz CT molecular complexity index is 951. The SMILES string of the molecule is CCOc1ccc(-c2ccc(SCC(=O)Nc3cc(Cl)ccc3Cl)nn2)cc1. The molecule has 0 fully saturated rings. The first kappa shape index (κ1) is 20.5. The fraction of sp³-hybridized carbons (Fsp3) is 0.150. The number of benzene rings is 2. The zero-order chi connectivity index (χ0) is 19.9. The van der Waals surface area contributed by atoms with Gasteiger partial charge in [0, 0.05) is 10.6 Å². The van der Waals surface area contributed by atoms with E-state index in [-0.39, 0.29) is 11.7 Å². The molecule has 8 heteroatoms. The zero-order valence-electron chi connectivity index (χ0n) is 15.0. The van der Waals surface area contributed by atoms with Gasteiger partial charge in [0.05, 0.1) is 28.8 Å². The highest BCUT2D eigenvalue weighted by atomic mass is 35.5. The number of ether oxygens (including phenoxy) is 1. The molecule has 0 aliphatic rings. The largest absolute Gasteiger partial charge is 0.494 e. The molecule has 0 atom stereocenters. The number of rotatable bonds is 7. The lowest BCUT2D eigenvalue weighted by Crippen LogP contribution is -2.14. The minimum absolute atomic E-state index is 0.180. The van der Waals surface area contributed by atoms with Crippen molar-refractivity contribution in [2.24, 2.45) is 0 Å². The molecule has 1 N–H and O–H groups in total. The molecule has 1 aromatic heterocycles. The minimum Gasteiger partial charge on any atom is -0.494 e. The normalized spacial score (nSPS) is 10.5. The maximum Gasteiger partial charge on any atom is 0.234 e. The third-order valence-corrected chi connectivity index (χ3v) is 5.14. The van der Waals surface area contributed by atoms with Gasteiger partial charge in [0.2, 0.25) is 5.91 Å². The summed E-state index contributed by atoms with van der Waals surface area (Å²) in [6, 6.07) is 16.3. The van der Waals surface area contributed by atoms with E-state index in [4.69, 9.17) is 27.9 Å². The van der Waals surface area contributed by atoms with E-state index < -0.39 is 0 Å². The molecule has 0 saturated carbocycles. The summed E-state index contributed by atoms with van der Waals surface area (Å²) in [5.74, 6) is 0.795. The van der Waals surface area contributed by atoms with Crippen LogP contribution in [-0.2, 0) is 4.79 Å². The van der Waals surface area contributed by atoms with Gasteiger partial charge in [-0.25, -0.2) is 0 Å². The Hall–Kier alpha value is -2.28. The number of aromatic nitrogens is 2. The van der Waals surface area contributed by atoms with Crippen LogP contribution < -0.4 is 10.1 Å². The lowest BCUT2D eigenvalue weighted by molar-refractivity contribution is -0.113. The molecule has 0 aliphatic heterocycles. The number of nitrogens with zero attached hydrogens (tertiary/aromatic N) is 2. The van der Waals surface area contributed by atoms with E-state index in [1.54, 1.807) is 18.2 Å². The molecule has 0 saturated heterocycles. The topological polar surface area (TPSA) is 64.1 Å². The van der Waals surface area contributed by atoms with Crippen molar-refractivity contribution in [3.05, 3.63) is 64.6 Å². The fourth-order valence-corrected chi connectivity index (χ4v) is 3.31. The van der Waals surface area contributed by atoms with Gasteiger partial charge in [0.15, 0.2) is 0 Å². The fourth-order valence-electron chi connectivity index (χ4n) is 2.36. The second kappa shape index (κ2) is 9.78. The number of hydrogen-bond acceptors (Lipinski definition) is 5. The van der Waals surface area contributed by atoms with E-state index in [1.165, 1.54) is 11.8 Å². The van der Waals surface area contributed by atoms with E-state index in [0.29, 0.717) is 27.4 Å². The van der Waals surface area contributed by atoms with Crippen molar-refractivity contribution >= 4 is 46.6 Å². The average molecular weight is 434 g/mol. The number of halogens is 2. The van der Waals surface area contributed by atoms with Crippen LogP contribution in [0.3, 0.4) is 0 Å². The van der Waals surface area contributed by atoms with Crippen molar-refractivity contribution in [3.8, 4) is 17.0 Å². The van der Waals surface area contributed by atoms with Crippen LogP contribution in [0.1, 0.15) is 6.92 Å². The van der Waals surface area contributed by atoms with E-state index in [0.717, 1.165) is 17.0 Å². The van der Waals surface area contributed by atoms with Crippen LogP contribution in [0, 0.1) is 0 Å². The van der Waals surface area contributed by atoms with Crippen molar-refractivity contribution in [1.29, 1.82) is 0 Å². The predicted molar refractivity (Wildman–Crippen MR) is 114 cm³/mol. The molecule has 0 unspecified atom stereocenters. The van der Waals surface area contributed by atoms with Gasteiger partial charge >= 0.3 is 0 Å². The van der Waals surface area contributed by atoms with Gasteiger partial charge in [-0.2, -0.15) is 0 Å². The molecule has 3 aromatic rings. The molecule has 0 aliphatic carbocycles. The maximum atomic E-state index is 12.1. The van der Waals surface area contributed by atoms with Crippen molar-refractivity contribution < 1.29 is 9.53 Å². The number of nitrogens with one attached hydrogen (secondary N) is 1. The third-order valence-electron chi connectivity index (χ3n) is 3.65. The second-order valence-electron chi connectivity index (χ2n) is 5.68. The zero-order valence-corrected chi connectivity index (χ0v) is 17.3. The van der Waals surface area contributed by atoms with Gasteiger partial charge in [-0.1, -0.05) is 35.0 Å². The van der Waals surface area contributed by atoms with Gasteiger partial charge in [-0.05, 0) is 61.5 Å². The van der Waals surface area contributed by atoms with Crippen LogP contribution in [-0.4, -0.2) is 28.5 Å². The Morgan fingerprint density at radius 2 is 1.86 bits per heavy atom. The number of carbonyl (C=O) groups is 1. The lowest BCUT2D eigenvalue weighted by Gasteiger charge is -2.07. The quantitative estimate of drug-likeness (QED) is 0.492. The molecule has 144 valence electrons. The Morgan fingerprint density at radius 3 is 2.54 bits per heavy atom. The Morgan fingerprint density at radius 1 is 1.07 bits per heavy atom. The van der Waals surface area contributed by atoms with Crippen LogP contribution in [0.25, 0.3) is 11.3 Å². The number of carbonyl (C=O) groups excluding carboxylic acids is 1. The van der Waals surface area contributed by atoms with Crippen LogP contribution in [0.4, 0.5) is 5.69 Å². The molecular weight excluding hydrogens is 417 g/mol. The molecule has 0 radical (unpaired) electrons. The molecule has 1 amide bonds. The molecule has 0 bridgehead atoms. The smallest absolute Gasteiger partial charge is 0.234 e. The van der Waals surface area contributed by atoms with Gasteiger partial charge in [-0.15, -0.1) is 10.2 Å². The first-order valence-corrected chi connectivity index (χ1v) is 10.2. The second-order valence-corrected chi connectivity index (χ2v) is 7.51. The number of thioether (sulfide) groups is 1.